The van der Waals surface area contributed by atoms with Gasteiger partial charge in [-0.2, -0.15) is 0 Å². The Labute approximate surface area is 269 Å². The van der Waals surface area contributed by atoms with Crippen LogP contribution in [0.4, 0.5) is 17.3 Å². The van der Waals surface area contributed by atoms with E-state index >= 15 is 0 Å². The topological polar surface area (TPSA) is 108 Å². The highest BCUT2D eigenvalue weighted by molar-refractivity contribution is 6.06. The van der Waals surface area contributed by atoms with Gasteiger partial charge in [-0.05, 0) is 68.8 Å². The molecule has 234 valence electrons. The van der Waals surface area contributed by atoms with Crippen LogP contribution in [0.1, 0.15) is 40.1 Å². The van der Waals surface area contributed by atoms with Crippen molar-refractivity contribution in [1.82, 2.24) is 20.2 Å². The first-order chi connectivity index (χ1) is 22.2. The summed E-state index contributed by atoms with van der Waals surface area (Å²) in [5.41, 5.74) is 5.42. The number of carbonyl (C=O) groups excluding carboxylic acids is 2. The van der Waals surface area contributed by atoms with E-state index in [4.69, 9.17) is 14.7 Å². The molecule has 0 atom stereocenters. The van der Waals surface area contributed by atoms with E-state index < -0.39 is 5.54 Å². The van der Waals surface area contributed by atoms with Crippen molar-refractivity contribution >= 4 is 40.0 Å². The molecule has 0 saturated carbocycles. The Bertz CT molecular complexity index is 1850. The lowest BCUT2D eigenvalue weighted by Crippen LogP contribution is -2.53. The second-order valence-electron chi connectivity index (χ2n) is 12.2. The molecule has 0 spiro atoms. The molecule has 5 aromatic rings. The zero-order valence-electron chi connectivity index (χ0n) is 26.3. The molecule has 1 aromatic heterocycles. The van der Waals surface area contributed by atoms with Crippen LogP contribution in [-0.4, -0.2) is 65.1 Å². The maximum Gasteiger partial charge on any atom is 0.255 e. The van der Waals surface area contributed by atoms with Crippen molar-refractivity contribution in [2.24, 2.45) is 0 Å². The summed E-state index contributed by atoms with van der Waals surface area (Å²) >= 11 is 0. The number of fused-ring (bicyclic) bond motifs is 1. The van der Waals surface area contributed by atoms with E-state index in [0.717, 1.165) is 53.0 Å². The largest absolute Gasteiger partial charge is 0.379 e. The molecule has 2 amide bonds. The first-order valence-electron chi connectivity index (χ1n) is 15.5. The van der Waals surface area contributed by atoms with Gasteiger partial charge in [0.1, 0.15) is 0 Å². The van der Waals surface area contributed by atoms with Gasteiger partial charge in [-0.1, -0.05) is 54.6 Å². The number of rotatable bonds is 9. The predicted octanol–water partition coefficient (Wildman–Crippen LogP) is 6.44. The van der Waals surface area contributed by atoms with Crippen LogP contribution < -0.4 is 16.0 Å². The summed E-state index contributed by atoms with van der Waals surface area (Å²) in [4.78, 5) is 38.3. The molecule has 1 fully saturated rings. The van der Waals surface area contributed by atoms with Crippen molar-refractivity contribution in [2.75, 3.05) is 43.5 Å². The zero-order valence-corrected chi connectivity index (χ0v) is 26.3. The summed E-state index contributed by atoms with van der Waals surface area (Å²) < 4.78 is 5.44. The number of hydrogen-bond donors (Lipinski definition) is 3. The second-order valence-corrected chi connectivity index (χ2v) is 12.2. The van der Waals surface area contributed by atoms with Crippen LogP contribution in [0, 0.1) is 6.92 Å². The molecule has 2 heterocycles. The third-order valence-corrected chi connectivity index (χ3v) is 7.98. The van der Waals surface area contributed by atoms with Gasteiger partial charge >= 0.3 is 0 Å². The quantitative estimate of drug-likeness (QED) is 0.175. The van der Waals surface area contributed by atoms with Gasteiger partial charge in [-0.3, -0.25) is 14.5 Å². The van der Waals surface area contributed by atoms with Crippen molar-refractivity contribution in [2.45, 2.75) is 26.3 Å². The Morgan fingerprint density at radius 3 is 2.28 bits per heavy atom. The molecule has 46 heavy (non-hydrogen) atoms. The van der Waals surface area contributed by atoms with Crippen LogP contribution >= 0.6 is 0 Å². The van der Waals surface area contributed by atoms with Gasteiger partial charge in [0.25, 0.3) is 11.8 Å². The smallest absolute Gasteiger partial charge is 0.255 e. The van der Waals surface area contributed by atoms with Crippen LogP contribution in [0.5, 0.6) is 0 Å². The molecule has 6 rings (SSSR count). The summed E-state index contributed by atoms with van der Waals surface area (Å²) in [6.45, 7) is 9.78. The first-order valence-corrected chi connectivity index (χ1v) is 15.5. The molecule has 1 aliphatic heterocycles. The number of carbonyl (C=O) groups is 2. The monoisotopic (exact) mass is 614 g/mol. The molecule has 4 aromatic carbocycles. The normalized spacial score (nSPS) is 13.7. The van der Waals surface area contributed by atoms with E-state index in [0.29, 0.717) is 36.0 Å². The number of aromatic nitrogens is 2. The van der Waals surface area contributed by atoms with Gasteiger partial charge < -0.3 is 20.7 Å². The Balaban J connectivity index is 1.13. The summed E-state index contributed by atoms with van der Waals surface area (Å²) in [6.07, 6.45) is 0. The van der Waals surface area contributed by atoms with E-state index in [-0.39, 0.29) is 11.8 Å². The zero-order chi connectivity index (χ0) is 32.1. The lowest BCUT2D eigenvalue weighted by molar-refractivity contribution is 0.0269. The fourth-order valence-corrected chi connectivity index (χ4v) is 5.61. The van der Waals surface area contributed by atoms with Gasteiger partial charge in [0.2, 0.25) is 5.95 Å². The number of morpholine rings is 1. The Kier molecular flexibility index (Phi) is 9.05. The average Bonchev–Trinajstić information content (AvgIpc) is 3.06. The number of nitrogens with one attached hydrogen (secondary N) is 3. The average molecular weight is 615 g/mol. The van der Waals surface area contributed by atoms with E-state index in [2.05, 4.69) is 20.9 Å². The second kappa shape index (κ2) is 13.5. The molecule has 0 unspecified atom stereocenters. The minimum absolute atomic E-state index is 0.185. The highest BCUT2D eigenvalue weighted by Crippen LogP contribution is 2.28. The van der Waals surface area contributed by atoms with E-state index in [1.54, 1.807) is 24.3 Å². The van der Waals surface area contributed by atoms with Crippen molar-refractivity contribution < 1.29 is 14.3 Å². The molecule has 9 heteroatoms. The van der Waals surface area contributed by atoms with Crippen molar-refractivity contribution in [3.05, 3.63) is 114 Å². The molecule has 0 bridgehead atoms. The van der Waals surface area contributed by atoms with Crippen LogP contribution in [0.15, 0.2) is 97.1 Å². The van der Waals surface area contributed by atoms with Gasteiger partial charge in [0, 0.05) is 58.6 Å². The van der Waals surface area contributed by atoms with Crippen molar-refractivity contribution in [3.63, 3.8) is 0 Å². The summed E-state index contributed by atoms with van der Waals surface area (Å²) in [5.74, 6) is 0.0114. The fourth-order valence-electron chi connectivity index (χ4n) is 5.61. The summed E-state index contributed by atoms with van der Waals surface area (Å²) in [6, 6.07) is 30.4. The molecule has 1 aliphatic rings. The maximum atomic E-state index is 13.2. The number of hydrogen-bond acceptors (Lipinski definition) is 7. The number of amides is 2. The van der Waals surface area contributed by atoms with Crippen LogP contribution in [0.2, 0.25) is 0 Å². The third-order valence-electron chi connectivity index (χ3n) is 7.98. The maximum absolute atomic E-state index is 13.2. The predicted molar refractivity (Wildman–Crippen MR) is 183 cm³/mol. The van der Waals surface area contributed by atoms with Gasteiger partial charge in [-0.15, -0.1) is 0 Å². The summed E-state index contributed by atoms with van der Waals surface area (Å²) in [7, 11) is 0. The number of benzene rings is 4. The summed E-state index contributed by atoms with van der Waals surface area (Å²) in [5, 5.41) is 10.4. The number of aryl methyl sites for hydroxylation is 1. The number of nitrogens with zero attached hydrogens (tertiary/aromatic N) is 3. The molecule has 0 aliphatic carbocycles. The number of anilines is 3. The van der Waals surface area contributed by atoms with Gasteiger partial charge in [0.15, 0.2) is 0 Å². The molecular weight excluding hydrogens is 576 g/mol. The standard InChI is InChI=1S/C37H38N6O3/c1-25-13-14-28(35(45)42-37(2,3)24-43-19-21-46-22-20-43)23-32(25)39-34(44)27-15-17-29(18-16-27)38-36-40-31-12-8-7-11-30(31)33(41-36)26-9-5-4-6-10-26/h4-18,23H,19-22,24H2,1-3H3,(H,39,44)(H,42,45)(H,38,40,41). The van der Waals surface area contributed by atoms with E-state index in [1.807, 2.05) is 93.6 Å². The van der Waals surface area contributed by atoms with E-state index in [9.17, 15) is 9.59 Å². The SMILES string of the molecule is Cc1ccc(C(=O)NC(C)(C)CN2CCOCC2)cc1NC(=O)c1ccc(Nc2nc(-c3ccccc3)c3ccccc3n2)cc1. The first kappa shape index (κ1) is 30.9. The Morgan fingerprint density at radius 2 is 1.52 bits per heavy atom. The lowest BCUT2D eigenvalue weighted by atomic mass is 10.0. The van der Waals surface area contributed by atoms with Crippen LogP contribution in [0.25, 0.3) is 22.2 Å². The van der Waals surface area contributed by atoms with Crippen molar-refractivity contribution in [3.8, 4) is 11.3 Å². The molecule has 9 nitrogen and oxygen atoms in total. The van der Waals surface area contributed by atoms with E-state index in [1.165, 1.54) is 0 Å². The highest BCUT2D eigenvalue weighted by atomic mass is 16.5. The minimum atomic E-state index is -0.431. The lowest BCUT2D eigenvalue weighted by Gasteiger charge is -2.35. The molecule has 1 saturated heterocycles. The Hall–Kier alpha value is -5.12. The van der Waals surface area contributed by atoms with Crippen LogP contribution in [0.3, 0.4) is 0 Å². The highest BCUT2D eigenvalue weighted by Gasteiger charge is 2.26. The third kappa shape index (κ3) is 7.39. The fraction of sp³-hybridized carbons (Fsp3) is 0.243. The molecule has 0 radical (unpaired) electrons. The number of para-hydroxylation sites is 1. The minimum Gasteiger partial charge on any atom is -0.379 e. The van der Waals surface area contributed by atoms with Crippen molar-refractivity contribution in [1.29, 1.82) is 0 Å². The number of ether oxygens (including phenoxy) is 1. The van der Waals surface area contributed by atoms with Gasteiger partial charge in [-0.25, -0.2) is 9.97 Å². The van der Waals surface area contributed by atoms with Gasteiger partial charge in [0.05, 0.1) is 24.4 Å². The van der Waals surface area contributed by atoms with Crippen LogP contribution in [-0.2, 0) is 4.74 Å². The Morgan fingerprint density at radius 1 is 0.826 bits per heavy atom. The molecular formula is C37H38N6O3. The molecule has 3 N–H and O–H groups in total.